The SMILES string of the molecule is c1ccc(-c2cccc(-c3ccc(-c4nc(-c5ccccc5)nc(-c5ccc(-c6ccc7c(c6)oc6ccccc67)cc5)n4)cc3)c2)cc1. The minimum atomic E-state index is 0.628. The summed E-state index contributed by atoms with van der Waals surface area (Å²) in [5.41, 5.74) is 11.4. The normalized spacial score (nSPS) is 11.3. The van der Waals surface area contributed by atoms with Crippen LogP contribution in [0.15, 0.2) is 180 Å². The van der Waals surface area contributed by atoms with Gasteiger partial charge in [-0.2, -0.15) is 0 Å². The number of hydrogen-bond donors (Lipinski definition) is 0. The second-order valence-corrected chi connectivity index (χ2v) is 12.1. The third-order valence-corrected chi connectivity index (χ3v) is 8.97. The van der Waals surface area contributed by atoms with E-state index in [4.69, 9.17) is 19.4 Å². The Bertz CT molecular complexity index is 2570. The third-order valence-electron chi connectivity index (χ3n) is 8.97. The van der Waals surface area contributed by atoms with E-state index in [0.29, 0.717) is 17.5 Å². The average molecular weight is 628 g/mol. The Morgan fingerprint density at radius 3 is 1.24 bits per heavy atom. The summed E-state index contributed by atoms with van der Waals surface area (Å²) in [6.07, 6.45) is 0. The molecule has 0 unspecified atom stereocenters. The molecule has 230 valence electrons. The van der Waals surface area contributed by atoms with Crippen LogP contribution in [0.25, 0.3) is 89.5 Å². The first kappa shape index (κ1) is 28.6. The van der Waals surface area contributed by atoms with Crippen LogP contribution in [0, 0.1) is 0 Å². The quantitative estimate of drug-likeness (QED) is 0.184. The Hall–Kier alpha value is -6.65. The van der Waals surface area contributed by atoms with E-state index in [-0.39, 0.29) is 0 Å². The summed E-state index contributed by atoms with van der Waals surface area (Å²) in [5.74, 6) is 1.90. The molecule has 0 bridgehead atoms. The van der Waals surface area contributed by atoms with Crippen LogP contribution in [0.1, 0.15) is 0 Å². The predicted molar refractivity (Wildman–Crippen MR) is 200 cm³/mol. The number of rotatable bonds is 6. The molecule has 0 spiro atoms. The molecule has 0 saturated carbocycles. The van der Waals surface area contributed by atoms with Crippen molar-refractivity contribution in [2.75, 3.05) is 0 Å². The Kier molecular flexibility index (Phi) is 7.10. The lowest BCUT2D eigenvalue weighted by molar-refractivity contribution is 0.669. The van der Waals surface area contributed by atoms with Gasteiger partial charge in [0.05, 0.1) is 0 Å². The number of fused-ring (bicyclic) bond motifs is 3. The molecule has 2 heterocycles. The van der Waals surface area contributed by atoms with E-state index in [1.54, 1.807) is 0 Å². The summed E-state index contributed by atoms with van der Waals surface area (Å²) in [7, 11) is 0. The maximum absolute atomic E-state index is 6.15. The Labute approximate surface area is 284 Å². The van der Waals surface area contributed by atoms with Gasteiger partial charge in [-0.15, -0.1) is 0 Å². The Morgan fingerprint density at radius 2 is 0.653 bits per heavy atom. The van der Waals surface area contributed by atoms with Crippen LogP contribution in [0.4, 0.5) is 0 Å². The summed E-state index contributed by atoms with van der Waals surface area (Å²) in [4.78, 5) is 14.9. The summed E-state index contributed by atoms with van der Waals surface area (Å²) in [6, 6.07) is 60.6. The molecule has 0 N–H and O–H groups in total. The van der Waals surface area contributed by atoms with E-state index < -0.39 is 0 Å². The van der Waals surface area contributed by atoms with Crippen LogP contribution in [0.5, 0.6) is 0 Å². The van der Waals surface area contributed by atoms with Gasteiger partial charge in [-0.25, -0.2) is 15.0 Å². The van der Waals surface area contributed by atoms with Gasteiger partial charge in [0.2, 0.25) is 0 Å². The second-order valence-electron chi connectivity index (χ2n) is 12.1. The van der Waals surface area contributed by atoms with E-state index in [1.807, 2.05) is 54.6 Å². The minimum Gasteiger partial charge on any atom is -0.456 e. The first-order valence-corrected chi connectivity index (χ1v) is 16.4. The fourth-order valence-electron chi connectivity index (χ4n) is 6.39. The van der Waals surface area contributed by atoms with Crippen LogP contribution in [0.3, 0.4) is 0 Å². The van der Waals surface area contributed by atoms with Gasteiger partial charge >= 0.3 is 0 Å². The molecule has 2 aromatic heterocycles. The molecule has 0 atom stereocenters. The molecule has 9 rings (SSSR count). The number of para-hydroxylation sites is 1. The number of nitrogens with zero attached hydrogens (tertiary/aromatic N) is 3. The van der Waals surface area contributed by atoms with Crippen molar-refractivity contribution in [2.24, 2.45) is 0 Å². The fraction of sp³-hybridized carbons (Fsp3) is 0. The zero-order valence-electron chi connectivity index (χ0n) is 26.5. The maximum atomic E-state index is 6.15. The molecule has 0 aliphatic carbocycles. The van der Waals surface area contributed by atoms with E-state index in [1.165, 1.54) is 11.1 Å². The monoisotopic (exact) mass is 627 g/mol. The highest BCUT2D eigenvalue weighted by Crippen LogP contribution is 2.34. The molecule has 9 aromatic rings. The number of benzene rings is 7. The molecule has 0 radical (unpaired) electrons. The van der Waals surface area contributed by atoms with Gasteiger partial charge in [-0.3, -0.25) is 0 Å². The molecule has 0 aliphatic heterocycles. The molecular formula is C45H29N3O. The van der Waals surface area contributed by atoms with Crippen LogP contribution in [0.2, 0.25) is 0 Å². The topological polar surface area (TPSA) is 51.8 Å². The largest absolute Gasteiger partial charge is 0.456 e. The van der Waals surface area contributed by atoms with Gasteiger partial charge in [-0.05, 0) is 57.6 Å². The summed E-state index contributed by atoms with van der Waals surface area (Å²) in [5, 5.41) is 2.25. The molecule has 0 aliphatic rings. The zero-order chi connectivity index (χ0) is 32.6. The minimum absolute atomic E-state index is 0.628. The molecule has 7 aromatic carbocycles. The Morgan fingerprint density at radius 1 is 0.265 bits per heavy atom. The maximum Gasteiger partial charge on any atom is 0.164 e. The van der Waals surface area contributed by atoms with Gasteiger partial charge in [0.15, 0.2) is 17.5 Å². The highest BCUT2D eigenvalue weighted by Gasteiger charge is 2.14. The molecule has 0 amide bonds. The first-order chi connectivity index (χ1) is 24.2. The van der Waals surface area contributed by atoms with Crippen LogP contribution < -0.4 is 0 Å². The lowest BCUT2D eigenvalue weighted by Crippen LogP contribution is -2.00. The summed E-state index contributed by atoms with van der Waals surface area (Å²) >= 11 is 0. The lowest BCUT2D eigenvalue weighted by Gasteiger charge is -2.10. The molecule has 0 saturated heterocycles. The molecule has 49 heavy (non-hydrogen) atoms. The number of hydrogen-bond acceptors (Lipinski definition) is 4. The first-order valence-electron chi connectivity index (χ1n) is 16.4. The summed E-state index contributed by atoms with van der Waals surface area (Å²) < 4.78 is 6.15. The third kappa shape index (κ3) is 5.56. The van der Waals surface area contributed by atoms with Gasteiger partial charge < -0.3 is 4.42 Å². The van der Waals surface area contributed by atoms with Crippen molar-refractivity contribution >= 4 is 21.9 Å². The van der Waals surface area contributed by atoms with Crippen molar-refractivity contribution in [3.05, 3.63) is 176 Å². The summed E-state index contributed by atoms with van der Waals surface area (Å²) in [6.45, 7) is 0. The zero-order valence-corrected chi connectivity index (χ0v) is 26.5. The van der Waals surface area contributed by atoms with Crippen LogP contribution in [-0.4, -0.2) is 15.0 Å². The highest BCUT2D eigenvalue weighted by molar-refractivity contribution is 6.05. The van der Waals surface area contributed by atoms with Crippen molar-refractivity contribution in [3.8, 4) is 67.5 Å². The van der Waals surface area contributed by atoms with Crippen molar-refractivity contribution in [1.82, 2.24) is 15.0 Å². The van der Waals surface area contributed by atoms with Crippen molar-refractivity contribution < 1.29 is 4.42 Å². The number of furan rings is 1. The van der Waals surface area contributed by atoms with Crippen molar-refractivity contribution in [3.63, 3.8) is 0 Å². The van der Waals surface area contributed by atoms with Gasteiger partial charge in [-0.1, -0.05) is 152 Å². The van der Waals surface area contributed by atoms with E-state index in [9.17, 15) is 0 Å². The van der Waals surface area contributed by atoms with E-state index in [2.05, 4.69) is 121 Å². The van der Waals surface area contributed by atoms with Gasteiger partial charge in [0, 0.05) is 27.5 Å². The second kappa shape index (κ2) is 12.2. The Balaban J connectivity index is 1.06. The standard InChI is InChI=1S/C45H29N3O/c1-3-10-30(11-4-1)36-14-9-15-37(28-36)31-18-22-34(23-19-31)44-46-43(33-12-5-2-6-13-33)47-45(48-44)35-24-20-32(21-25-35)38-26-27-40-39-16-7-8-17-41(39)49-42(40)29-38/h1-29H. The van der Waals surface area contributed by atoms with Gasteiger partial charge in [0.25, 0.3) is 0 Å². The van der Waals surface area contributed by atoms with Crippen molar-refractivity contribution in [1.29, 1.82) is 0 Å². The van der Waals surface area contributed by atoms with E-state index in [0.717, 1.165) is 60.9 Å². The fourth-order valence-corrected chi connectivity index (χ4v) is 6.39. The molecule has 4 nitrogen and oxygen atoms in total. The smallest absolute Gasteiger partial charge is 0.164 e. The van der Waals surface area contributed by atoms with E-state index >= 15 is 0 Å². The predicted octanol–water partition coefficient (Wildman–Crippen LogP) is 11.8. The highest BCUT2D eigenvalue weighted by atomic mass is 16.3. The van der Waals surface area contributed by atoms with Crippen molar-refractivity contribution in [2.45, 2.75) is 0 Å². The van der Waals surface area contributed by atoms with Crippen LogP contribution >= 0.6 is 0 Å². The average Bonchev–Trinajstić information content (AvgIpc) is 3.57. The van der Waals surface area contributed by atoms with Crippen LogP contribution in [-0.2, 0) is 0 Å². The molecule has 0 fully saturated rings. The lowest BCUT2D eigenvalue weighted by atomic mass is 9.98. The number of aromatic nitrogens is 3. The molecule has 4 heteroatoms. The molecular weight excluding hydrogens is 599 g/mol. The van der Waals surface area contributed by atoms with Gasteiger partial charge in [0.1, 0.15) is 11.2 Å².